The molecule has 6 heteroatoms. The van der Waals surface area contributed by atoms with Crippen LogP contribution in [0.25, 0.3) is 0 Å². The number of nitrogens with two attached hydrogens (primary N) is 1. The molecule has 0 saturated heterocycles. The van der Waals surface area contributed by atoms with E-state index < -0.39 is 11.6 Å². The summed E-state index contributed by atoms with van der Waals surface area (Å²) < 4.78 is 26.6. The minimum absolute atomic E-state index is 0.0291. The number of aliphatic imine (C=N–C) groups is 1. The predicted octanol–water partition coefficient (Wildman–Crippen LogP) is 3.06. The van der Waals surface area contributed by atoms with Crippen LogP contribution in [0.3, 0.4) is 0 Å². The average Bonchev–Trinajstić information content (AvgIpc) is 2.50. The van der Waals surface area contributed by atoms with Crippen molar-refractivity contribution in [3.8, 4) is 0 Å². The zero-order valence-electron chi connectivity index (χ0n) is 12.5. The maximum atomic E-state index is 13.5. The van der Waals surface area contributed by atoms with Crippen molar-refractivity contribution >= 4 is 11.6 Å². The van der Waals surface area contributed by atoms with E-state index in [1.54, 1.807) is 12.4 Å². The zero-order chi connectivity index (χ0) is 16.2. The summed E-state index contributed by atoms with van der Waals surface area (Å²) in [5, 5.41) is 2.57. The maximum Gasteiger partial charge on any atom is 0.193 e. The molecule has 0 unspecified atom stereocenters. The van der Waals surface area contributed by atoms with Gasteiger partial charge in [0.2, 0.25) is 0 Å². The van der Waals surface area contributed by atoms with Gasteiger partial charge in [-0.2, -0.15) is 0 Å². The van der Waals surface area contributed by atoms with Gasteiger partial charge < -0.3 is 11.1 Å². The Bertz CT molecular complexity index is 669. The molecule has 0 aliphatic rings. The van der Waals surface area contributed by atoms with Gasteiger partial charge in [-0.25, -0.2) is 8.78 Å². The molecule has 0 bridgehead atoms. The Balaban J connectivity index is 2.08. The fourth-order valence-corrected chi connectivity index (χ4v) is 1.91. The number of benzene rings is 1. The molecule has 0 aliphatic carbocycles. The molecular formula is C16H18F2N4. The average molecular weight is 304 g/mol. The van der Waals surface area contributed by atoms with Crippen LogP contribution < -0.4 is 11.1 Å². The largest absolute Gasteiger partial charge is 0.370 e. The third-order valence-corrected chi connectivity index (χ3v) is 3.28. The second-order valence-electron chi connectivity index (χ2n) is 5.58. The summed E-state index contributed by atoms with van der Waals surface area (Å²) in [7, 11) is 0. The van der Waals surface area contributed by atoms with Crippen molar-refractivity contribution in [3.05, 3.63) is 59.9 Å². The standard InChI is InChI=1S/C16H18F2N4/c1-16(2,11-4-3-7-20-9-11)10-21-15(19)22-14-8-12(17)5-6-13(14)18/h3-9H,10H2,1-2H3,(H3,19,21,22). The van der Waals surface area contributed by atoms with E-state index in [9.17, 15) is 8.78 Å². The Morgan fingerprint density at radius 3 is 2.77 bits per heavy atom. The smallest absolute Gasteiger partial charge is 0.193 e. The molecule has 0 atom stereocenters. The van der Waals surface area contributed by atoms with Gasteiger partial charge in [-0.15, -0.1) is 0 Å². The Labute approximate surface area is 128 Å². The fourth-order valence-electron chi connectivity index (χ4n) is 1.91. The van der Waals surface area contributed by atoms with Crippen LogP contribution in [0.4, 0.5) is 14.5 Å². The molecule has 0 fully saturated rings. The second kappa shape index (κ2) is 6.51. The maximum absolute atomic E-state index is 13.5. The molecule has 1 aromatic heterocycles. The van der Waals surface area contributed by atoms with E-state index in [1.165, 1.54) is 0 Å². The molecule has 0 aliphatic heterocycles. The highest BCUT2D eigenvalue weighted by Gasteiger charge is 2.20. The van der Waals surface area contributed by atoms with E-state index >= 15 is 0 Å². The molecule has 1 heterocycles. The Hall–Kier alpha value is -2.50. The van der Waals surface area contributed by atoms with Crippen LogP contribution in [0.15, 0.2) is 47.7 Å². The molecule has 0 amide bonds. The van der Waals surface area contributed by atoms with Gasteiger partial charge in [0.25, 0.3) is 0 Å². The van der Waals surface area contributed by atoms with Crippen LogP contribution in [-0.2, 0) is 5.41 Å². The van der Waals surface area contributed by atoms with Crippen molar-refractivity contribution < 1.29 is 8.78 Å². The van der Waals surface area contributed by atoms with Crippen LogP contribution in [0, 0.1) is 11.6 Å². The molecule has 0 radical (unpaired) electrons. The molecule has 22 heavy (non-hydrogen) atoms. The minimum atomic E-state index is -0.592. The van der Waals surface area contributed by atoms with Crippen molar-refractivity contribution in [2.75, 3.05) is 11.9 Å². The number of rotatable bonds is 4. The van der Waals surface area contributed by atoms with E-state index in [2.05, 4.69) is 15.3 Å². The van der Waals surface area contributed by atoms with Crippen LogP contribution in [0.2, 0.25) is 0 Å². The van der Waals surface area contributed by atoms with Crippen molar-refractivity contribution in [2.45, 2.75) is 19.3 Å². The number of pyridine rings is 1. The summed E-state index contributed by atoms with van der Waals surface area (Å²) in [5.74, 6) is -1.11. The topological polar surface area (TPSA) is 63.3 Å². The first kappa shape index (κ1) is 15.9. The number of hydrogen-bond acceptors (Lipinski definition) is 2. The van der Waals surface area contributed by atoms with E-state index in [-0.39, 0.29) is 17.1 Å². The van der Waals surface area contributed by atoms with Crippen molar-refractivity contribution in [1.29, 1.82) is 0 Å². The lowest BCUT2D eigenvalue weighted by Crippen LogP contribution is -2.28. The van der Waals surface area contributed by atoms with Crippen LogP contribution in [0.5, 0.6) is 0 Å². The van der Waals surface area contributed by atoms with Crippen molar-refractivity contribution in [3.63, 3.8) is 0 Å². The van der Waals surface area contributed by atoms with Crippen LogP contribution in [0.1, 0.15) is 19.4 Å². The molecular weight excluding hydrogens is 286 g/mol. The number of anilines is 1. The van der Waals surface area contributed by atoms with Crippen molar-refractivity contribution in [2.24, 2.45) is 10.7 Å². The first-order chi connectivity index (χ1) is 10.4. The van der Waals surface area contributed by atoms with Gasteiger partial charge in [0.15, 0.2) is 5.96 Å². The van der Waals surface area contributed by atoms with Gasteiger partial charge in [0.1, 0.15) is 11.6 Å². The SMILES string of the molecule is CC(C)(CN=C(N)Nc1cc(F)ccc1F)c1cccnc1. The quantitative estimate of drug-likeness (QED) is 0.674. The highest BCUT2D eigenvalue weighted by molar-refractivity contribution is 5.92. The molecule has 2 rings (SSSR count). The lowest BCUT2D eigenvalue weighted by Gasteiger charge is -2.22. The third-order valence-electron chi connectivity index (χ3n) is 3.28. The minimum Gasteiger partial charge on any atom is -0.370 e. The van der Waals surface area contributed by atoms with Crippen LogP contribution >= 0.6 is 0 Å². The first-order valence-electron chi connectivity index (χ1n) is 6.81. The Morgan fingerprint density at radius 1 is 1.32 bits per heavy atom. The summed E-state index contributed by atoms with van der Waals surface area (Å²) in [5.41, 5.74) is 6.44. The van der Waals surface area contributed by atoms with Gasteiger partial charge >= 0.3 is 0 Å². The van der Waals surface area contributed by atoms with E-state index in [0.29, 0.717) is 6.54 Å². The number of aromatic nitrogens is 1. The molecule has 0 saturated carbocycles. The van der Waals surface area contributed by atoms with Gasteiger partial charge in [0, 0.05) is 23.9 Å². The van der Waals surface area contributed by atoms with Gasteiger partial charge in [-0.3, -0.25) is 9.98 Å². The molecule has 3 N–H and O–H groups in total. The monoisotopic (exact) mass is 304 g/mol. The molecule has 116 valence electrons. The normalized spacial score (nSPS) is 12.3. The number of nitrogens with zero attached hydrogens (tertiary/aromatic N) is 2. The Kier molecular flexibility index (Phi) is 4.70. The zero-order valence-corrected chi connectivity index (χ0v) is 12.5. The Morgan fingerprint density at radius 2 is 2.09 bits per heavy atom. The highest BCUT2D eigenvalue weighted by Crippen LogP contribution is 2.22. The summed E-state index contributed by atoms with van der Waals surface area (Å²) in [6.45, 7) is 4.39. The fraction of sp³-hybridized carbons (Fsp3) is 0.250. The van der Waals surface area contributed by atoms with E-state index in [1.807, 2.05) is 26.0 Å². The molecule has 1 aromatic carbocycles. The molecule has 2 aromatic rings. The first-order valence-corrected chi connectivity index (χ1v) is 6.81. The van der Waals surface area contributed by atoms with E-state index in [0.717, 1.165) is 23.8 Å². The van der Waals surface area contributed by atoms with Gasteiger partial charge in [-0.05, 0) is 23.8 Å². The summed E-state index contributed by atoms with van der Waals surface area (Å²) in [6, 6.07) is 6.91. The number of nitrogens with one attached hydrogen (secondary N) is 1. The van der Waals surface area contributed by atoms with Gasteiger partial charge in [0.05, 0.1) is 12.2 Å². The van der Waals surface area contributed by atoms with E-state index in [4.69, 9.17) is 5.73 Å². The third kappa shape index (κ3) is 4.00. The lowest BCUT2D eigenvalue weighted by atomic mass is 9.86. The summed E-state index contributed by atoms with van der Waals surface area (Å²) in [6.07, 6.45) is 3.47. The molecule has 0 spiro atoms. The van der Waals surface area contributed by atoms with Gasteiger partial charge in [-0.1, -0.05) is 19.9 Å². The number of halogens is 2. The lowest BCUT2D eigenvalue weighted by molar-refractivity contribution is 0.538. The number of guanidine groups is 1. The predicted molar refractivity (Wildman–Crippen MR) is 83.7 cm³/mol. The second-order valence-corrected chi connectivity index (χ2v) is 5.58. The van der Waals surface area contributed by atoms with Crippen LogP contribution in [-0.4, -0.2) is 17.5 Å². The summed E-state index contributed by atoms with van der Waals surface area (Å²) in [4.78, 5) is 8.29. The van der Waals surface area contributed by atoms with Crippen molar-refractivity contribution in [1.82, 2.24) is 4.98 Å². The molecule has 4 nitrogen and oxygen atoms in total. The highest BCUT2D eigenvalue weighted by atomic mass is 19.1. The summed E-state index contributed by atoms with van der Waals surface area (Å²) >= 11 is 0. The number of hydrogen-bond donors (Lipinski definition) is 2.